The molecule has 7 heteroatoms. The summed E-state index contributed by atoms with van der Waals surface area (Å²) in [5.41, 5.74) is 4.49. The van der Waals surface area contributed by atoms with E-state index in [0.717, 1.165) is 42.0 Å². The van der Waals surface area contributed by atoms with Gasteiger partial charge in [0.2, 0.25) is 0 Å². The highest BCUT2D eigenvalue weighted by atomic mass is 35.5. The van der Waals surface area contributed by atoms with Crippen molar-refractivity contribution < 1.29 is 14.3 Å². The molecule has 0 aliphatic carbocycles. The number of amides is 1. The molecule has 0 fully saturated rings. The fourth-order valence-electron chi connectivity index (χ4n) is 4.13. The minimum atomic E-state index is -0.170. The normalized spacial score (nSPS) is 11.0. The minimum absolute atomic E-state index is 0.0431. The van der Waals surface area contributed by atoms with Crippen LogP contribution in [0.15, 0.2) is 66.7 Å². The average molecular weight is 506 g/mol. The van der Waals surface area contributed by atoms with Crippen molar-refractivity contribution in [2.75, 3.05) is 19.8 Å². The topological polar surface area (TPSA) is 65.4 Å². The summed E-state index contributed by atoms with van der Waals surface area (Å²) in [4.78, 5) is 17.0. The van der Waals surface area contributed by atoms with Crippen LogP contribution in [-0.4, -0.2) is 35.2 Å². The first-order valence-corrected chi connectivity index (χ1v) is 12.7. The average Bonchev–Trinajstić information content (AvgIpc) is 3.22. The summed E-state index contributed by atoms with van der Waals surface area (Å²) in [6, 6.07) is 21.4. The molecule has 0 aliphatic heterocycles. The number of carbonyl (C=O) groups excluding carboxylic acids is 1. The van der Waals surface area contributed by atoms with Crippen molar-refractivity contribution in [2.24, 2.45) is 0 Å². The second kappa shape index (κ2) is 12.5. The maximum absolute atomic E-state index is 12.2. The summed E-state index contributed by atoms with van der Waals surface area (Å²) in [7, 11) is 0. The van der Waals surface area contributed by atoms with Crippen molar-refractivity contribution >= 4 is 28.5 Å². The molecule has 1 amide bonds. The van der Waals surface area contributed by atoms with Gasteiger partial charge in [0.15, 0.2) is 6.61 Å². The first kappa shape index (κ1) is 25.6. The maximum atomic E-state index is 12.2. The van der Waals surface area contributed by atoms with Crippen molar-refractivity contribution in [2.45, 2.75) is 39.7 Å². The largest absolute Gasteiger partial charge is 0.493 e. The zero-order valence-corrected chi connectivity index (χ0v) is 21.6. The van der Waals surface area contributed by atoms with Gasteiger partial charge in [0.25, 0.3) is 5.91 Å². The molecule has 0 spiro atoms. The summed E-state index contributed by atoms with van der Waals surface area (Å²) >= 11 is 5.88. The van der Waals surface area contributed by atoms with Crippen LogP contribution in [-0.2, 0) is 17.8 Å². The molecule has 188 valence electrons. The van der Waals surface area contributed by atoms with E-state index >= 15 is 0 Å². The van der Waals surface area contributed by atoms with Crippen molar-refractivity contribution in [3.05, 3.63) is 88.7 Å². The SMILES string of the molecule is Cc1ccc(OCCCCn2c(CCNC(=O)COc3ccc(Cl)cc3)nc3ccccc32)c(C)c1. The number of hydrogen-bond acceptors (Lipinski definition) is 4. The predicted molar refractivity (Wildman–Crippen MR) is 144 cm³/mol. The lowest BCUT2D eigenvalue weighted by Gasteiger charge is -2.12. The van der Waals surface area contributed by atoms with Gasteiger partial charge in [-0.25, -0.2) is 4.98 Å². The molecule has 0 saturated heterocycles. The number of rotatable bonds is 12. The van der Waals surface area contributed by atoms with Crippen molar-refractivity contribution in [1.29, 1.82) is 0 Å². The van der Waals surface area contributed by atoms with E-state index in [1.54, 1.807) is 24.3 Å². The number of ether oxygens (including phenoxy) is 2. The van der Waals surface area contributed by atoms with Gasteiger partial charge in [-0.2, -0.15) is 0 Å². The molecular weight excluding hydrogens is 474 g/mol. The van der Waals surface area contributed by atoms with E-state index in [1.807, 2.05) is 24.3 Å². The molecule has 0 radical (unpaired) electrons. The molecule has 3 aromatic carbocycles. The van der Waals surface area contributed by atoms with Crippen molar-refractivity contribution in [3.8, 4) is 11.5 Å². The van der Waals surface area contributed by atoms with Gasteiger partial charge in [0.1, 0.15) is 17.3 Å². The van der Waals surface area contributed by atoms with Crippen LogP contribution in [0.5, 0.6) is 11.5 Å². The minimum Gasteiger partial charge on any atom is -0.493 e. The number of para-hydroxylation sites is 2. The van der Waals surface area contributed by atoms with E-state index in [1.165, 1.54) is 11.1 Å². The second-order valence-electron chi connectivity index (χ2n) is 8.84. The van der Waals surface area contributed by atoms with Gasteiger partial charge in [-0.1, -0.05) is 41.4 Å². The molecule has 0 unspecified atom stereocenters. The lowest BCUT2D eigenvalue weighted by Crippen LogP contribution is -2.31. The summed E-state index contributed by atoms with van der Waals surface area (Å²) < 4.78 is 13.8. The summed E-state index contributed by atoms with van der Waals surface area (Å²) in [5.74, 6) is 2.35. The molecule has 0 bridgehead atoms. The first-order valence-electron chi connectivity index (χ1n) is 12.3. The monoisotopic (exact) mass is 505 g/mol. The van der Waals surface area contributed by atoms with Crippen LogP contribution in [0.4, 0.5) is 0 Å². The summed E-state index contributed by atoms with van der Waals surface area (Å²) in [6.45, 7) is 6.13. The van der Waals surface area contributed by atoms with Crippen molar-refractivity contribution in [3.63, 3.8) is 0 Å². The third-order valence-electron chi connectivity index (χ3n) is 5.95. The highest BCUT2D eigenvalue weighted by Crippen LogP contribution is 2.20. The van der Waals surface area contributed by atoms with Gasteiger partial charge in [-0.05, 0) is 74.7 Å². The quantitative estimate of drug-likeness (QED) is 0.243. The Morgan fingerprint density at radius 3 is 2.61 bits per heavy atom. The Morgan fingerprint density at radius 1 is 1.00 bits per heavy atom. The Morgan fingerprint density at radius 2 is 1.81 bits per heavy atom. The number of imidazole rings is 1. The molecule has 4 aromatic rings. The standard InChI is InChI=1S/C29H32ClN3O3/c1-21-9-14-27(22(2)19-21)35-18-6-5-17-33-26-8-4-3-7-25(26)32-28(33)15-16-31-29(34)20-36-24-12-10-23(30)11-13-24/h3-4,7-14,19H,5-6,15-18,20H2,1-2H3,(H,31,34). The number of unbranched alkanes of at least 4 members (excludes halogenated alkanes) is 1. The molecule has 1 heterocycles. The number of fused-ring (bicyclic) bond motifs is 1. The summed E-state index contributed by atoms with van der Waals surface area (Å²) in [5, 5.41) is 3.55. The van der Waals surface area contributed by atoms with Gasteiger partial charge in [-0.3, -0.25) is 4.79 Å². The second-order valence-corrected chi connectivity index (χ2v) is 9.27. The molecule has 1 aromatic heterocycles. The number of nitrogens with one attached hydrogen (secondary N) is 1. The third-order valence-corrected chi connectivity index (χ3v) is 6.20. The Hall–Kier alpha value is -3.51. The molecular formula is C29H32ClN3O3. The Bertz CT molecular complexity index is 1300. The number of hydrogen-bond donors (Lipinski definition) is 1. The highest BCUT2D eigenvalue weighted by molar-refractivity contribution is 6.30. The zero-order valence-electron chi connectivity index (χ0n) is 20.8. The van der Waals surface area contributed by atoms with Gasteiger partial charge in [0.05, 0.1) is 17.6 Å². The lowest BCUT2D eigenvalue weighted by molar-refractivity contribution is -0.123. The Balaban J connectivity index is 1.27. The number of aryl methyl sites for hydroxylation is 3. The third kappa shape index (κ3) is 7.01. The summed E-state index contributed by atoms with van der Waals surface area (Å²) in [6.07, 6.45) is 2.55. The Kier molecular flexibility index (Phi) is 8.85. The van der Waals surface area contributed by atoms with Crippen LogP contribution < -0.4 is 14.8 Å². The van der Waals surface area contributed by atoms with Gasteiger partial charge < -0.3 is 19.4 Å². The zero-order chi connectivity index (χ0) is 25.3. The molecule has 0 saturated carbocycles. The van der Waals surface area contributed by atoms with E-state index in [9.17, 15) is 4.79 Å². The number of halogens is 1. The highest BCUT2D eigenvalue weighted by Gasteiger charge is 2.11. The van der Waals surface area contributed by atoms with E-state index in [2.05, 4.69) is 41.9 Å². The van der Waals surface area contributed by atoms with Crippen LogP contribution in [0.3, 0.4) is 0 Å². The molecule has 1 N–H and O–H groups in total. The number of benzene rings is 3. The van der Waals surface area contributed by atoms with E-state index in [0.29, 0.717) is 30.3 Å². The molecule has 0 atom stereocenters. The van der Waals surface area contributed by atoms with Crippen molar-refractivity contribution in [1.82, 2.24) is 14.9 Å². The fraction of sp³-hybridized carbons (Fsp3) is 0.310. The molecule has 6 nitrogen and oxygen atoms in total. The lowest BCUT2D eigenvalue weighted by atomic mass is 10.1. The van der Waals surface area contributed by atoms with Crippen LogP contribution in [0.25, 0.3) is 11.0 Å². The number of nitrogens with zero attached hydrogens (tertiary/aromatic N) is 2. The maximum Gasteiger partial charge on any atom is 0.257 e. The fourth-order valence-corrected chi connectivity index (χ4v) is 4.25. The van der Waals surface area contributed by atoms with E-state index < -0.39 is 0 Å². The van der Waals surface area contributed by atoms with Crippen LogP contribution in [0.2, 0.25) is 5.02 Å². The van der Waals surface area contributed by atoms with Crippen LogP contribution in [0, 0.1) is 13.8 Å². The van der Waals surface area contributed by atoms with Gasteiger partial charge >= 0.3 is 0 Å². The first-order chi connectivity index (χ1) is 17.5. The predicted octanol–water partition coefficient (Wildman–Crippen LogP) is 5.90. The number of carbonyl (C=O) groups is 1. The van der Waals surface area contributed by atoms with Crippen LogP contribution in [0.1, 0.15) is 29.8 Å². The smallest absolute Gasteiger partial charge is 0.257 e. The molecule has 0 aliphatic rings. The Labute approximate surface area is 217 Å². The van der Waals surface area contributed by atoms with Gasteiger partial charge in [0, 0.05) is 24.5 Å². The van der Waals surface area contributed by atoms with E-state index in [-0.39, 0.29) is 12.5 Å². The van der Waals surface area contributed by atoms with E-state index in [4.69, 9.17) is 26.1 Å². The number of aromatic nitrogens is 2. The molecule has 36 heavy (non-hydrogen) atoms. The van der Waals surface area contributed by atoms with Gasteiger partial charge in [-0.15, -0.1) is 0 Å². The van der Waals surface area contributed by atoms with Crippen LogP contribution >= 0.6 is 11.6 Å². The molecule has 4 rings (SSSR count).